The maximum atomic E-state index is 8.84. The van der Waals surface area contributed by atoms with Crippen LogP contribution >= 0.6 is 0 Å². The molecule has 0 bridgehead atoms. The van der Waals surface area contributed by atoms with Crippen LogP contribution in [-0.2, 0) is 0 Å². The van der Waals surface area contributed by atoms with Gasteiger partial charge in [0.05, 0.1) is 6.07 Å². The molecule has 1 atom stereocenters. The van der Waals surface area contributed by atoms with Crippen LogP contribution in [-0.4, -0.2) is 12.6 Å². The van der Waals surface area contributed by atoms with Gasteiger partial charge in [-0.3, -0.25) is 0 Å². The molecule has 1 aromatic rings. The molecular weight excluding hydrogens is 174 g/mol. The van der Waals surface area contributed by atoms with Crippen molar-refractivity contribution >= 4 is 11.4 Å². The van der Waals surface area contributed by atoms with E-state index in [9.17, 15) is 0 Å². The van der Waals surface area contributed by atoms with Gasteiger partial charge in [-0.05, 0) is 32.0 Å². The van der Waals surface area contributed by atoms with Gasteiger partial charge in [-0.25, -0.2) is 0 Å². The summed E-state index contributed by atoms with van der Waals surface area (Å²) < 4.78 is 0. The first-order valence-electron chi connectivity index (χ1n) is 4.70. The van der Waals surface area contributed by atoms with Crippen LogP contribution in [0.15, 0.2) is 24.3 Å². The van der Waals surface area contributed by atoms with Crippen molar-refractivity contribution in [1.29, 1.82) is 5.26 Å². The van der Waals surface area contributed by atoms with E-state index in [4.69, 9.17) is 11.0 Å². The van der Waals surface area contributed by atoms with E-state index in [-0.39, 0.29) is 6.04 Å². The van der Waals surface area contributed by atoms with Crippen LogP contribution in [0.25, 0.3) is 0 Å². The molecule has 3 heteroatoms. The molecule has 0 aromatic heterocycles. The zero-order valence-electron chi connectivity index (χ0n) is 8.57. The van der Waals surface area contributed by atoms with E-state index in [2.05, 4.69) is 6.07 Å². The van der Waals surface area contributed by atoms with E-state index in [1.54, 1.807) is 0 Å². The Morgan fingerprint density at radius 3 is 2.79 bits per heavy atom. The molecule has 0 spiro atoms. The van der Waals surface area contributed by atoms with E-state index in [0.29, 0.717) is 0 Å². The molecule has 0 fully saturated rings. The fourth-order valence-corrected chi connectivity index (χ4v) is 1.45. The van der Waals surface area contributed by atoms with Crippen molar-refractivity contribution < 1.29 is 0 Å². The molecule has 0 heterocycles. The lowest BCUT2D eigenvalue weighted by molar-refractivity contribution is 0.768. The van der Waals surface area contributed by atoms with Gasteiger partial charge in [0, 0.05) is 17.9 Å². The summed E-state index contributed by atoms with van der Waals surface area (Å²) in [6.07, 6.45) is 0. The third-order valence-corrected chi connectivity index (χ3v) is 2.20. The molecule has 2 N–H and O–H groups in total. The van der Waals surface area contributed by atoms with Gasteiger partial charge in [-0.1, -0.05) is 6.07 Å². The molecule has 1 unspecified atom stereocenters. The van der Waals surface area contributed by atoms with Gasteiger partial charge in [0.25, 0.3) is 0 Å². The van der Waals surface area contributed by atoms with Gasteiger partial charge < -0.3 is 10.6 Å². The first-order valence-corrected chi connectivity index (χ1v) is 4.70. The standard InChI is InChI=1S/C11H15N3/c1-3-14(9(2)8-12)11-6-4-5-10(13)7-11/h4-7,9H,3,13H2,1-2H3. The number of nitrogens with two attached hydrogens (primary N) is 1. The Bertz CT molecular complexity index is 341. The number of hydrogen-bond acceptors (Lipinski definition) is 3. The number of anilines is 2. The lowest BCUT2D eigenvalue weighted by Gasteiger charge is -2.25. The normalized spacial score (nSPS) is 11.8. The number of benzene rings is 1. The summed E-state index contributed by atoms with van der Waals surface area (Å²) in [5.74, 6) is 0. The number of rotatable bonds is 3. The Balaban J connectivity index is 2.96. The molecule has 14 heavy (non-hydrogen) atoms. The Labute approximate surface area is 84.7 Å². The number of hydrogen-bond donors (Lipinski definition) is 1. The monoisotopic (exact) mass is 189 g/mol. The van der Waals surface area contributed by atoms with Gasteiger partial charge in [-0.15, -0.1) is 0 Å². The van der Waals surface area contributed by atoms with Crippen LogP contribution in [0.3, 0.4) is 0 Å². The summed E-state index contributed by atoms with van der Waals surface area (Å²) in [5.41, 5.74) is 7.41. The predicted molar refractivity (Wildman–Crippen MR) is 58.9 cm³/mol. The minimum absolute atomic E-state index is 0.123. The van der Waals surface area contributed by atoms with Crippen LogP contribution in [0.1, 0.15) is 13.8 Å². The van der Waals surface area contributed by atoms with E-state index >= 15 is 0 Å². The van der Waals surface area contributed by atoms with Crippen molar-refractivity contribution in [3.05, 3.63) is 24.3 Å². The summed E-state index contributed by atoms with van der Waals surface area (Å²) in [7, 11) is 0. The van der Waals surface area contributed by atoms with Gasteiger partial charge in [0.2, 0.25) is 0 Å². The van der Waals surface area contributed by atoms with E-state index in [1.807, 2.05) is 43.0 Å². The molecular formula is C11H15N3. The summed E-state index contributed by atoms with van der Waals surface area (Å²) in [6.45, 7) is 4.71. The highest BCUT2D eigenvalue weighted by Gasteiger charge is 2.11. The number of nitriles is 1. The fourth-order valence-electron chi connectivity index (χ4n) is 1.45. The molecule has 1 aromatic carbocycles. The third kappa shape index (κ3) is 2.17. The maximum absolute atomic E-state index is 8.84. The van der Waals surface area contributed by atoms with Crippen LogP contribution in [0.5, 0.6) is 0 Å². The second-order valence-electron chi connectivity index (χ2n) is 3.19. The molecule has 0 aliphatic heterocycles. The van der Waals surface area contributed by atoms with Crippen molar-refractivity contribution in [2.24, 2.45) is 0 Å². The molecule has 0 aliphatic rings. The topological polar surface area (TPSA) is 53.0 Å². The second kappa shape index (κ2) is 4.52. The lowest BCUT2D eigenvalue weighted by Crippen LogP contribution is -2.31. The minimum Gasteiger partial charge on any atom is -0.399 e. The van der Waals surface area contributed by atoms with Crippen molar-refractivity contribution in [2.75, 3.05) is 17.2 Å². The van der Waals surface area contributed by atoms with Crippen molar-refractivity contribution in [3.63, 3.8) is 0 Å². The molecule has 1 rings (SSSR count). The zero-order valence-corrected chi connectivity index (χ0v) is 8.57. The van der Waals surface area contributed by atoms with E-state index in [0.717, 1.165) is 17.9 Å². The average Bonchev–Trinajstić information content (AvgIpc) is 2.19. The predicted octanol–water partition coefficient (Wildman–Crippen LogP) is 2.01. The molecule has 3 nitrogen and oxygen atoms in total. The first kappa shape index (κ1) is 10.4. The lowest BCUT2D eigenvalue weighted by atomic mass is 10.2. The quantitative estimate of drug-likeness (QED) is 0.740. The first-order chi connectivity index (χ1) is 6.69. The highest BCUT2D eigenvalue weighted by Crippen LogP contribution is 2.19. The zero-order chi connectivity index (χ0) is 10.6. The number of nitrogen functional groups attached to an aromatic ring is 1. The SMILES string of the molecule is CCN(c1cccc(N)c1)C(C)C#N. The summed E-state index contributed by atoms with van der Waals surface area (Å²) >= 11 is 0. The summed E-state index contributed by atoms with van der Waals surface area (Å²) in [5, 5.41) is 8.84. The fraction of sp³-hybridized carbons (Fsp3) is 0.364. The van der Waals surface area contributed by atoms with Gasteiger partial charge in [0.15, 0.2) is 0 Å². The minimum atomic E-state index is -0.123. The molecule has 74 valence electrons. The molecule has 0 amide bonds. The van der Waals surface area contributed by atoms with Crippen LogP contribution in [0, 0.1) is 11.3 Å². The van der Waals surface area contributed by atoms with Crippen LogP contribution in [0.4, 0.5) is 11.4 Å². The Kier molecular flexibility index (Phi) is 3.35. The average molecular weight is 189 g/mol. The molecule has 0 saturated heterocycles. The number of nitrogens with zero attached hydrogens (tertiary/aromatic N) is 2. The molecule has 0 radical (unpaired) electrons. The highest BCUT2D eigenvalue weighted by molar-refractivity contribution is 5.57. The van der Waals surface area contributed by atoms with Crippen molar-refractivity contribution in [2.45, 2.75) is 19.9 Å². The Morgan fingerprint density at radius 1 is 1.57 bits per heavy atom. The Morgan fingerprint density at radius 2 is 2.29 bits per heavy atom. The maximum Gasteiger partial charge on any atom is 0.114 e. The summed E-state index contributed by atoms with van der Waals surface area (Å²) in [6, 6.07) is 9.69. The highest BCUT2D eigenvalue weighted by atomic mass is 15.1. The third-order valence-electron chi connectivity index (χ3n) is 2.20. The summed E-state index contributed by atoms with van der Waals surface area (Å²) in [4.78, 5) is 2.01. The van der Waals surface area contributed by atoms with Crippen molar-refractivity contribution in [1.82, 2.24) is 0 Å². The second-order valence-corrected chi connectivity index (χ2v) is 3.19. The van der Waals surface area contributed by atoms with Gasteiger partial charge in [0.1, 0.15) is 6.04 Å². The van der Waals surface area contributed by atoms with Crippen LogP contribution in [0.2, 0.25) is 0 Å². The molecule has 0 saturated carbocycles. The largest absolute Gasteiger partial charge is 0.399 e. The van der Waals surface area contributed by atoms with E-state index in [1.165, 1.54) is 0 Å². The van der Waals surface area contributed by atoms with Crippen LogP contribution < -0.4 is 10.6 Å². The molecule has 0 aliphatic carbocycles. The Hall–Kier alpha value is -1.69. The smallest absolute Gasteiger partial charge is 0.114 e. The van der Waals surface area contributed by atoms with E-state index < -0.39 is 0 Å². The van der Waals surface area contributed by atoms with Crippen molar-refractivity contribution in [3.8, 4) is 6.07 Å². The van der Waals surface area contributed by atoms with Gasteiger partial charge >= 0.3 is 0 Å². The van der Waals surface area contributed by atoms with Gasteiger partial charge in [-0.2, -0.15) is 5.26 Å².